The summed E-state index contributed by atoms with van der Waals surface area (Å²) in [7, 11) is 0. The number of rotatable bonds is 10. The third-order valence-corrected chi connectivity index (χ3v) is 5.63. The van der Waals surface area contributed by atoms with E-state index in [1.54, 1.807) is 0 Å². The lowest BCUT2D eigenvalue weighted by Gasteiger charge is -2.23. The first-order valence-corrected chi connectivity index (χ1v) is 11.4. The molecule has 0 saturated heterocycles. The topological polar surface area (TPSA) is 95.2 Å². The van der Waals surface area contributed by atoms with Gasteiger partial charge in [-0.3, -0.25) is 0 Å². The summed E-state index contributed by atoms with van der Waals surface area (Å²) in [5.41, 5.74) is 4.72. The van der Waals surface area contributed by atoms with E-state index in [1.807, 2.05) is 64.4 Å². The van der Waals surface area contributed by atoms with Crippen molar-refractivity contribution >= 4 is 10.9 Å². The lowest BCUT2D eigenvalue weighted by Crippen LogP contribution is -2.42. The zero-order valence-corrected chi connectivity index (χ0v) is 19.7. The first kappa shape index (κ1) is 22.9. The fraction of sp³-hybridized carbons (Fsp3) is 0.346. The second-order valence-corrected chi connectivity index (χ2v) is 8.61. The van der Waals surface area contributed by atoms with Crippen LogP contribution in [0.25, 0.3) is 33.5 Å². The van der Waals surface area contributed by atoms with E-state index in [1.165, 1.54) is 0 Å². The third kappa shape index (κ3) is 4.89. The number of ether oxygens (including phenoxy) is 2. The van der Waals surface area contributed by atoms with Gasteiger partial charge in [0.1, 0.15) is 5.82 Å². The summed E-state index contributed by atoms with van der Waals surface area (Å²) in [6.45, 7) is 9.73. The summed E-state index contributed by atoms with van der Waals surface area (Å²) in [4.78, 5) is 11.5. The molecular weight excluding hydrogens is 416 g/mol. The smallest absolute Gasteiger partial charge is 0.161 e. The number of nitrogens with one attached hydrogen (secondary N) is 3. The lowest BCUT2D eigenvalue weighted by atomic mass is 10.0. The molecule has 2 aromatic carbocycles. The molecule has 4 N–H and O–H groups in total. The molecule has 0 bridgehead atoms. The number of aliphatic hydroxyl groups excluding tert-OH is 1. The SMILES string of the molecule is CCOc1ccc(-c2cnc(-c3cccc4[nH]cc(CNC(C)(C)CO)c34)[nH]2)cc1OCC. The Bertz CT molecular complexity index is 1230. The van der Waals surface area contributed by atoms with E-state index in [-0.39, 0.29) is 12.1 Å². The second-order valence-electron chi connectivity index (χ2n) is 8.61. The van der Waals surface area contributed by atoms with Crippen LogP contribution in [0.15, 0.2) is 48.8 Å². The van der Waals surface area contributed by atoms with Crippen molar-refractivity contribution in [3.8, 4) is 34.1 Å². The summed E-state index contributed by atoms with van der Waals surface area (Å²) in [5, 5.41) is 14.1. The van der Waals surface area contributed by atoms with E-state index in [9.17, 15) is 5.11 Å². The normalized spacial score (nSPS) is 11.8. The average Bonchev–Trinajstić information content (AvgIpc) is 3.47. The highest BCUT2D eigenvalue weighted by molar-refractivity contribution is 5.96. The Balaban J connectivity index is 1.68. The molecule has 0 spiro atoms. The zero-order chi connectivity index (χ0) is 23.4. The minimum Gasteiger partial charge on any atom is -0.490 e. The predicted molar refractivity (Wildman–Crippen MR) is 132 cm³/mol. The van der Waals surface area contributed by atoms with E-state index >= 15 is 0 Å². The minimum atomic E-state index is -0.359. The molecule has 4 aromatic rings. The van der Waals surface area contributed by atoms with Crippen molar-refractivity contribution in [1.82, 2.24) is 20.3 Å². The van der Waals surface area contributed by atoms with Crippen molar-refractivity contribution in [3.63, 3.8) is 0 Å². The van der Waals surface area contributed by atoms with Crippen LogP contribution in [0.4, 0.5) is 0 Å². The maximum Gasteiger partial charge on any atom is 0.161 e. The van der Waals surface area contributed by atoms with Gasteiger partial charge in [-0.05, 0) is 57.5 Å². The number of fused-ring (bicyclic) bond motifs is 1. The molecule has 0 fully saturated rings. The molecule has 0 aliphatic rings. The highest BCUT2D eigenvalue weighted by atomic mass is 16.5. The zero-order valence-electron chi connectivity index (χ0n) is 19.7. The molecule has 0 aliphatic carbocycles. The lowest BCUT2D eigenvalue weighted by molar-refractivity contribution is 0.187. The van der Waals surface area contributed by atoms with E-state index < -0.39 is 0 Å². The molecule has 2 aromatic heterocycles. The Labute approximate surface area is 194 Å². The quantitative estimate of drug-likeness (QED) is 0.277. The summed E-state index contributed by atoms with van der Waals surface area (Å²) in [6, 6.07) is 12.1. The van der Waals surface area contributed by atoms with Crippen molar-refractivity contribution in [2.45, 2.75) is 39.8 Å². The molecule has 0 atom stereocenters. The maximum atomic E-state index is 9.58. The molecule has 0 unspecified atom stereocenters. The number of aliphatic hydroxyl groups is 1. The van der Waals surface area contributed by atoms with Gasteiger partial charge in [0, 0.05) is 40.3 Å². The molecule has 0 radical (unpaired) electrons. The van der Waals surface area contributed by atoms with Crippen LogP contribution in [0, 0.1) is 0 Å². The largest absolute Gasteiger partial charge is 0.490 e. The fourth-order valence-corrected chi connectivity index (χ4v) is 3.81. The summed E-state index contributed by atoms with van der Waals surface area (Å²) >= 11 is 0. The summed E-state index contributed by atoms with van der Waals surface area (Å²) in [5.74, 6) is 2.26. The highest BCUT2D eigenvalue weighted by Gasteiger charge is 2.18. The number of benzene rings is 2. The number of imidazole rings is 1. The number of hydrogen-bond donors (Lipinski definition) is 4. The van der Waals surface area contributed by atoms with Crippen LogP contribution in [0.5, 0.6) is 11.5 Å². The van der Waals surface area contributed by atoms with Gasteiger partial charge >= 0.3 is 0 Å². The molecule has 2 heterocycles. The van der Waals surface area contributed by atoms with Gasteiger partial charge in [0.2, 0.25) is 0 Å². The standard InChI is InChI=1S/C26H32N4O3/c1-5-32-22-11-10-17(12-23(22)33-6-2)21-15-28-25(30-21)19-8-7-9-20-24(19)18(13-27-20)14-29-26(3,4)16-31/h7-13,15,27,29,31H,5-6,14,16H2,1-4H3,(H,28,30). The van der Waals surface area contributed by atoms with Gasteiger partial charge in [-0.2, -0.15) is 0 Å². The first-order chi connectivity index (χ1) is 16.0. The van der Waals surface area contributed by atoms with Crippen LogP contribution in [0.3, 0.4) is 0 Å². The van der Waals surface area contributed by atoms with Crippen LogP contribution in [-0.2, 0) is 6.54 Å². The first-order valence-electron chi connectivity index (χ1n) is 11.4. The highest BCUT2D eigenvalue weighted by Crippen LogP contribution is 2.34. The van der Waals surface area contributed by atoms with Gasteiger partial charge in [-0.25, -0.2) is 4.98 Å². The molecule has 0 amide bonds. The van der Waals surface area contributed by atoms with Crippen molar-refractivity contribution < 1.29 is 14.6 Å². The molecule has 0 aliphatic heterocycles. The Kier molecular flexibility index (Phi) is 6.72. The number of aromatic amines is 2. The van der Waals surface area contributed by atoms with Crippen LogP contribution < -0.4 is 14.8 Å². The van der Waals surface area contributed by atoms with Gasteiger partial charge in [0.05, 0.1) is 31.7 Å². The number of hydrogen-bond acceptors (Lipinski definition) is 5. The molecular formula is C26H32N4O3. The summed E-state index contributed by atoms with van der Waals surface area (Å²) in [6.07, 6.45) is 3.86. The molecule has 7 nitrogen and oxygen atoms in total. The van der Waals surface area contributed by atoms with E-state index in [4.69, 9.17) is 14.5 Å². The Morgan fingerprint density at radius 3 is 2.61 bits per heavy atom. The second kappa shape index (κ2) is 9.68. The van der Waals surface area contributed by atoms with Gasteiger partial charge < -0.3 is 29.9 Å². The minimum absolute atomic E-state index is 0.0651. The van der Waals surface area contributed by atoms with E-state index in [0.29, 0.717) is 19.8 Å². The van der Waals surface area contributed by atoms with Crippen LogP contribution in [0.1, 0.15) is 33.3 Å². The van der Waals surface area contributed by atoms with Gasteiger partial charge in [-0.1, -0.05) is 12.1 Å². The van der Waals surface area contributed by atoms with E-state index in [2.05, 4.69) is 27.4 Å². The van der Waals surface area contributed by atoms with Crippen LogP contribution in [0.2, 0.25) is 0 Å². The van der Waals surface area contributed by atoms with E-state index in [0.717, 1.165) is 50.6 Å². The van der Waals surface area contributed by atoms with Crippen LogP contribution in [-0.4, -0.2) is 45.4 Å². The van der Waals surface area contributed by atoms with Gasteiger partial charge in [0.25, 0.3) is 0 Å². The Morgan fingerprint density at radius 1 is 1.06 bits per heavy atom. The van der Waals surface area contributed by atoms with Crippen molar-refractivity contribution in [3.05, 3.63) is 54.4 Å². The molecule has 7 heteroatoms. The fourth-order valence-electron chi connectivity index (χ4n) is 3.81. The third-order valence-electron chi connectivity index (χ3n) is 5.63. The number of H-pyrrole nitrogens is 2. The molecule has 33 heavy (non-hydrogen) atoms. The van der Waals surface area contributed by atoms with Crippen molar-refractivity contribution in [1.29, 1.82) is 0 Å². The molecule has 4 rings (SSSR count). The van der Waals surface area contributed by atoms with Crippen LogP contribution >= 0.6 is 0 Å². The number of nitrogens with zero attached hydrogens (tertiary/aromatic N) is 1. The van der Waals surface area contributed by atoms with Crippen molar-refractivity contribution in [2.24, 2.45) is 0 Å². The van der Waals surface area contributed by atoms with Crippen molar-refractivity contribution in [2.75, 3.05) is 19.8 Å². The summed E-state index contributed by atoms with van der Waals surface area (Å²) < 4.78 is 11.5. The maximum absolute atomic E-state index is 9.58. The van der Waals surface area contributed by atoms with Gasteiger partial charge in [-0.15, -0.1) is 0 Å². The average molecular weight is 449 g/mol. The molecule has 0 saturated carbocycles. The van der Waals surface area contributed by atoms with Gasteiger partial charge in [0.15, 0.2) is 11.5 Å². The molecule has 174 valence electrons. The monoisotopic (exact) mass is 448 g/mol. The predicted octanol–water partition coefficient (Wildman–Crippen LogP) is 4.88. The Hall–Kier alpha value is -3.29. The number of aromatic nitrogens is 3. The Morgan fingerprint density at radius 2 is 1.85 bits per heavy atom.